The van der Waals surface area contributed by atoms with E-state index in [-0.39, 0.29) is 5.96 Å². The molecule has 7 heteroatoms. The zero-order chi connectivity index (χ0) is 16.4. The molecule has 1 N–H and O–H groups in total. The van der Waals surface area contributed by atoms with Crippen molar-refractivity contribution < 1.29 is 0 Å². The quantitative estimate of drug-likeness (QED) is 0.859. The van der Waals surface area contributed by atoms with Crippen molar-refractivity contribution in [1.29, 1.82) is 0 Å². The van der Waals surface area contributed by atoms with E-state index < -0.39 is 0 Å². The van der Waals surface area contributed by atoms with Gasteiger partial charge in [-0.05, 0) is 63.0 Å². The van der Waals surface area contributed by atoms with Crippen molar-refractivity contribution in [3.63, 3.8) is 0 Å². The molecule has 3 rings (SSSR count). The lowest BCUT2D eigenvalue weighted by atomic mass is 10.0. The maximum atomic E-state index is 12.6. The second-order valence-electron chi connectivity index (χ2n) is 6.38. The summed E-state index contributed by atoms with van der Waals surface area (Å²) in [6, 6.07) is 3.73. The first-order valence-electron chi connectivity index (χ1n) is 8.12. The highest BCUT2D eigenvalue weighted by molar-refractivity contribution is 6.04. The number of aryl methyl sites for hydroxylation is 2. The van der Waals surface area contributed by atoms with Crippen molar-refractivity contribution >= 4 is 17.3 Å². The van der Waals surface area contributed by atoms with Gasteiger partial charge in [-0.15, -0.1) is 0 Å². The van der Waals surface area contributed by atoms with Gasteiger partial charge in [0.25, 0.3) is 0 Å². The van der Waals surface area contributed by atoms with Gasteiger partial charge in [0, 0.05) is 6.54 Å². The summed E-state index contributed by atoms with van der Waals surface area (Å²) in [5, 5.41) is 26.2. The molecule has 0 amide bonds. The van der Waals surface area contributed by atoms with E-state index in [4.69, 9.17) is 0 Å². The number of nitrogens with zero attached hydrogens (tertiary/aromatic N) is 4. The number of aliphatic imine (C=N–C) groups is 1. The van der Waals surface area contributed by atoms with Crippen LogP contribution in [0.25, 0.3) is 0 Å². The second-order valence-corrected chi connectivity index (χ2v) is 6.38. The van der Waals surface area contributed by atoms with Gasteiger partial charge in [-0.1, -0.05) is 6.42 Å². The van der Waals surface area contributed by atoms with Crippen LogP contribution >= 0.6 is 0 Å². The standard InChI is InChI=1S/C16H23N5O2/c1-19(2)9-8-17-16-18-21(23)15-11-13-7-5-3-4-6-12(13)10-14(15)20(16)22/h10-11H,3-9H2,1-2H3,(H,17,18)/q-2. The molecule has 0 saturated heterocycles. The van der Waals surface area contributed by atoms with Crippen LogP contribution in [0.5, 0.6) is 0 Å². The molecule has 0 bridgehead atoms. The summed E-state index contributed by atoms with van der Waals surface area (Å²) in [6.07, 6.45) is 5.40. The van der Waals surface area contributed by atoms with Crippen LogP contribution in [0.4, 0.5) is 11.4 Å². The Morgan fingerprint density at radius 2 is 1.74 bits per heavy atom. The Balaban J connectivity index is 1.89. The van der Waals surface area contributed by atoms with E-state index in [0.29, 0.717) is 23.1 Å². The lowest BCUT2D eigenvalue weighted by Crippen LogP contribution is -2.51. The molecule has 0 saturated carbocycles. The summed E-state index contributed by atoms with van der Waals surface area (Å²) >= 11 is 0. The maximum Gasteiger partial charge on any atom is 0.206 e. The fourth-order valence-corrected chi connectivity index (χ4v) is 3.03. The Bertz CT molecular complexity index is 602. The molecule has 2 aliphatic rings. The Labute approximate surface area is 136 Å². The van der Waals surface area contributed by atoms with Crippen LogP contribution in [0, 0.1) is 10.4 Å². The molecule has 7 nitrogen and oxygen atoms in total. The first-order valence-corrected chi connectivity index (χ1v) is 8.12. The second kappa shape index (κ2) is 6.74. The first kappa shape index (κ1) is 16.0. The highest BCUT2D eigenvalue weighted by Gasteiger charge is 2.20. The maximum absolute atomic E-state index is 12.6. The molecule has 1 aliphatic carbocycles. The monoisotopic (exact) mass is 317 g/mol. The summed E-state index contributed by atoms with van der Waals surface area (Å²) in [4.78, 5) is 6.20. The minimum atomic E-state index is 0.0583. The zero-order valence-electron chi connectivity index (χ0n) is 13.7. The summed E-state index contributed by atoms with van der Waals surface area (Å²) in [6.45, 7) is 1.18. The summed E-state index contributed by atoms with van der Waals surface area (Å²) < 4.78 is 0. The van der Waals surface area contributed by atoms with Crippen molar-refractivity contribution in [3.8, 4) is 0 Å². The Hall–Kier alpha value is -1.83. The van der Waals surface area contributed by atoms with Gasteiger partial charge in [-0.25, -0.2) is 0 Å². The van der Waals surface area contributed by atoms with E-state index in [9.17, 15) is 10.4 Å². The van der Waals surface area contributed by atoms with Crippen molar-refractivity contribution in [2.75, 3.05) is 37.4 Å². The molecule has 0 radical (unpaired) electrons. The molecule has 126 valence electrons. The minimum Gasteiger partial charge on any atom is -0.752 e. The molecule has 23 heavy (non-hydrogen) atoms. The fourth-order valence-electron chi connectivity index (χ4n) is 3.03. The number of rotatable bonds is 3. The SMILES string of the molecule is CN(C)CCN=C1NN([O-])c2cc3c(cc2N1[O-])CCCCC3. The van der Waals surface area contributed by atoms with Crippen molar-refractivity contribution in [2.45, 2.75) is 32.1 Å². The van der Waals surface area contributed by atoms with Crippen LogP contribution in [-0.2, 0) is 12.8 Å². The number of hydrogen-bond donors (Lipinski definition) is 1. The number of anilines is 2. The molecule has 1 heterocycles. The summed E-state index contributed by atoms with van der Waals surface area (Å²) in [7, 11) is 3.88. The molecule has 1 aromatic carbocycles. The van der Waals surface area contributed by atoms with Crippen LogP contribution in [-0.4, -0.2) is 38.0 Å². The number of nitrogens with one attached hydrogen (secondary N) is 1. The fraction of sp³-hybridized carbons (Fsp3) is 0.562. The van der Waals surface area contributed by atoms with Crippen molar-refractivity contribution in [1.82, 2.24) is 10.3 Å². The highest BCUT2D eigenvalue weighted by Crippen LogP contribution is 2.36. The molecule has 0 aromatic heterocycles. The molecule has 0 spiro atoms. The first-order chi connectivity index (χ1) is 11.1. The molecule has 1 aliphatic heterocycles. The van der Waals surface area contributed by atoms with Gasteiger partial charge >= 0.3 is 0 Å². The number of guanidine groups is 1. The van der Waals surface area contributed by atoms with Gasteiger partial charge in [-0.3, -0.25) is 10.4 Å². The lowest BCUT2D eigenvalue weighted by Gasteiger charge is -2.47. The van der Waals surface area contributed by atoms with E-state index in [1.165, 1.54) is 17.5 Å². The minimum absolute atomic E-state index is 0.0583. The van der Waals surface area contributed by atoms with Crippen LogP contribution in [0.2, 0.25) is 0 Å². The average Bonchev–Trinajstić information content (AvgIpc) is 2.75. The zero-order valence-corrected chi connectivity index (χ0v) is 13.7. The van der Waals surface area contributed by atoms with Crippen LogP contribution in [0.3, 0.4) is 0 Å². The number of hydrazine groups is 1. The summed E-state index contributed by atoms with van der Waals surface area (Å²) in [5.74, 6) is 0.0583. The van der Waals surface area contributed by atoms with Crippen molar-refractivity contribution in [2.24, 2.45) is 4.99 Å². The van der Waals surface area contributed by atoms with E-state index in [1.54, 1.807) is 0 Å². The largest absolute Gasteiger partial charge is 0.752 e. The Morgan fingerprint density at radius 1 is 1.09 bits per heavy atom. The molecular weight excluding hydrogens is 294 g/mol. The van der Waals surface area contributed by atoms with Gasteiger partial charge in [0.05, 0.1) is 17.9 Å². The lowest BCUT2D eigenvalue weighted by molar-refractivity contribution is 0.420. The van der Waals surface area contributed by atoms with Crippen LogP contribution in [0.1, 0.15) is 30.4 Å². The van der Waals surface area contributed by atoms with Crippen LogP contribution < -0.4 is 15.7 Å². The van der Waals surface area contributed by atoms with E-state index in [1.807, 2.05) is 31.1 Å². The van der Waals surface area contributed by atoms with Gasteiger partial charge in [0.15, 0.2) is 0 Å². The highest BCUT2D eigenvalue weighted by atomic mass is 16.6. The number of hydrogen-bond acceptors (Lipinski definition) is 5. The third-order valence-corrected chi connectivity index (χ3v) is 4.33. The topological polar surface area (TPSA) is 80.2 Å². The van der Waals surface area contributed by atoms with Crippen LogP contribution in [0.15, 0.2) is 17.1 Å². The van der Waals surface area contributed by atoms with Gasteiger partial charge in [0.1, 0.15) is 0 Å². The van der Waals surface area contributed by atoms with Gasteiger partial charge < -0.3 is 25.5 Å². The number of hydroxylamine groups is 1. The predicted molar refractivity (Wildman–Crippen MR) is 93.4 cm³/mol. The number of likely N-dealkylation sites (N-methyl/N-ethyl adjacent to an activating group) is 1. The molecule has 1 aromatic rings. The third kappa shape index (κ3) is 3.41. The van der Waals surface area contributed by atoms with E-state index >= 15 is 0 Å². The Kier molecular flexibility index (Phi) is 4.70. The summed E-state index contributed by atoms with van der Waals surface area (Å²) in [5.41, 5.74) is 5.69. The van der Waals surface area contributed by atoms with Gasteiger partial charge in [0.2, 0.25) is 5.96 Å². The number of benzene rings is 1. The average molecular weight is 317 g/mol. The predicted octanol–water partition coefficient (Wildman–Crippen LogP) is 2.00. The van der Waals surface area contributed by atoms with E-state index in [2.05, 4.69) is 10.4 Å². The molecule has 0 fully saturated rings. The van der Waals surface area contributed by atoms with E-state index in [0.717, 1.165) is 37.3 Å². The smallest absolute Gasteiger partial charge is 0.206 e. The molecule has 0 unspecified atom stereocenters. The molecular formula is C16H23N5O2-2. The normalized spacial score (nSPS) is 19.4. The van der Waals surface area contributed by atoms with Gasteiger partial charge in [-0.2, -0.15) is 0 Å². The van der Waals surface area contributed by atoms with Crippen molar-refractivity contribution in [3.05, 3.63) is 33.7 Å². The Morgan fingerprint density at radius 3 is 2.39 bits per heavy atom. The third-order valence-electron chi connectivity index (χ3n) is 4.33. The molecule has 0 atom stereocenters. The number of fused-ring (bicyclic) bond motifs is 2.